The molecule has 1 fully saturated rings. The highest BCUT2D eigenvalue weighted by Gasteiger charge is 2.20. The Kier molecular flexibility index (Phi) is 7.27. The number of hydrogen-bond acceptors (Lipinski definition) is 6. The van der Waals surface area contributed by atoms with Gasteiger partial charge in [-0.25, -0.2) is 4.79 Å². The number of aryl methyl sites for hydroxylation is 1. The fraction of sp³-hybridized carbons (Fsp3) is 0.375. The molecule has 1 aromatic carbocycles. The smallest absolute Gasteiger partial charge is 0.349 e. The molecule has 0 bridgehead atoms. The number of rotatable bonds is 8. The zero-order chi connectivity index (χ0) is 22.4. The van der Waals surface area contributed by atoms with Gasteiger partial charge in [0.25, 0.3) is 0 Å². The lowest BCUT2D eigenvalue weighted by molar-refractivity contribution is -0.137. The number of carbonyl (C=O) groups is 2. The number of hydrogen-bond donors (Lipinski definition) is 0. The Morgan fingerprint density at radius 2 is 2.03 bits per heavy atom. The number of Topliss-reactive ketones (excluding diaryl/α,β-unsaturated/α-hetero) is 1. The van der Waals surface area contributed by atoms with E-state index in [1.54, 1.807) is 24.3 Å². The van der Waals surface area contributed by atoms with Crippen LogP contribution in [0, 0.1) is 25.2 Å². The van der Waals surface area contributed by atoms with Gasteiger partial charge in [-0.1, -0.05) is 0 Å². The second-order valence-electron chi connectivity index (χ2n) is 7.47. The van der Waals surface area contributed by atoms with Gasteiger partial charge in [0.15, 0.2) is 12.4 Å². The van der Waals surface area contributed by atoms with Gasteiger partial charge in [-0.2, -0.15) is 5.26 Å². The molecule has 0 aliphatic carbocycles. The van der Waals surface area contributed by atoms with Crippen molar-refractivity contribution < 1.29 is 23.8 Å². The van der Waals surface area contributed by atoms with E-state index >= 15 is 0 Å². The van der Waals surface area contributed by atoms with Crippen LogP contribution in [-0.2, 0) is 20.8 Å². The first-order valence-corrected chi connectivity index (χ1v) is 10.2. The van der Waals surface area contributed by atoms with Crippen molar-refractivity contribution in [2.24, 2.45) is 0 Å². The van der Waals surface area contributed by atoms with Gasteiger partial charge in [0, 0.05) is 30.1 Å². The van der Waals surface area contributed by atoms with Crippen molar-refractivity contribution in [1.82, 2.24) is 4.57 Å². The zero-order valence-electron chi connectivity index (χ0n) is 18.0. The van der Waals surface area contributed by atoms with E-state index in [9.17, 15) is 14.9 Å². The minimum atomic E-state index is -0.826. The van der Waals surface area contributed by atoms with Gasteiger partial charge in [-0.15, -0.1) is 0 Å². The summed E-state index contributed by atoms with van der Waals surface area (Å²) in [5, 5.41) is 9.45. The molecule has 0 N–H and O–H groups in total. The van der Waals surface area contributed by atoms with Crippen LogP contribution in [0.1, 0.15) is 40.2 Å². The largest absolute Gasteiger partial charge is 0.497 e. The van der Waals surface area contributed by atoms with E-state index < -0.39 is 12.6 Å². The van der Waals surface area contributed by atoms with Crippen molar-refractivity contribution in [3.63, 3.8) is 0 Å². The monoisotopic (exact) mass is 422 g/mol. The number of aromatic nitrogens is 1. The Balaban J connectivity index is 1.67. The Hall–Kier alpha value is -3.37. The topological polar surface area (TPSA) is 90.5 Å². The molecule has 1 atom stereocenters. The van der Waals surface area contributed by atoms with Crippen LogP contribution in [0.4, 0.5) is 0 Å². The van der Waals surface area contributed by atoms with E-state index in [1.807, 2.05) is 26.0 Å². The number of carbonyl (C=O) groups excluding carboxylic acids is 2. The van der Waals surface area contributed by atoms with E-state index in [0.29, 0.717) is 11.3 Å². The van der Waals surface area contributed by atoms with Gasteiger partial charge in [0.2, 0.25) is 0 Å². The lowest BCUT2D eigenvalue weighted by Crippen LogP contribution is -2.17. The molecule has 7 heteroatoms. The van der Waals surface area contributed by atoms with E-state index in [2.05, 4.69) is 4.57 Å². The summed E-state index contributed by atoms with van der Waals surface area (Å²) < 4.78 is 18.0. The summed E-state index contributed by atoms with van der Waals surface area (Å²) >= 11 is 0. The standard InChI is InChI=1S/C24H26N2O5/c1-16-11-19(17(2)26(16)14-22-5-4-10-30-22)12-20(13-25)24(28)31-15-23(27)18-6-8-21(29-3)9-7-18/h6-9,11-12,22H,4-5,10,14-15H2,1-3H3/b20-12+/t22-/m1/s1. The van der Waals surface area contributed by atoms with Gasteiger partial charge in [-0.05, 0) is 68.7 Å². The molecule has 162 valence electrons. The van der Waals surface area contributed by atoms with E-state index in [1.165, 1.54) is 13.2 Å². The summed E-state index contributed by atoms with van der Waals surface area (Å²) in [6, 6.07) is 10.3. The first-order valence-electron chi connectivity index (χ1n) is 10.2. The fourth-order valence-corrected chi connectivity index (χ4v) is 3.61. The summed E-state index contributed by atoms with van der Waals surface area (Å²) in [7, 11) is 1.54. The number of methoxy groups -OCH3 is 1. The van der Waals surface area contributed by atoms with Crippen LogP contribution in [0.2, 0.25) is 0 Å². The third kappa shape index (κ3) is 5.41. The van der Waals surface area contributed by atoms with Gasteiger partial charge >= 0.3 is 5.97 Å². The molecule has 2 aromatic rings. The van der Waals surface area contributed by atoms with Crippen LogP contribution in [0.5, 0.6) is 5.75 Å². The Labute approximate surface area is 181 Å². The van der Waals surface area contributed by atoms with Crippen molar-refractivity contribution in [2.45, 2.75) is 39.3 Å². The van der Waals surface area contributed by atoms with Gasteiger partial charge < -0.3 is 18.8 Å². The van der Waals surface area contributed by atoms with Crippen LogP contribution in [0.15, 0.2) is 35.9 Å². The third-order valence-electron chi connectivity index (χ3n) is 5.41. The number of benzene rings is 1. The first-order chi connectivity index (χ1) is 14.9. The summed E-state index contributed by atoms with van der Waals surface area (Å²) in [6.07, 6.45) is 3.79. The second-order valence-corrected chi connectivity index (χ2v) is 7.47. The highest BCUT2D eigenvalue weighted by Crippen LogP contribution is 2.22. The quantitative estimate of drug-likeness (QED) is 0.279. The molecular weight excluding hydrogens is 396 g/mol. The van der Waals surface area contributed by atoms with Crippen LogP contribution in [0.25, 0.3) is 6.08 Å². The maximum absolute atomic E-state index is 12.4. The number of ketones is 1. The predicted octanol–water partition coefficient (Wildman–Crippen LogP) is 3.63. The molecule has 0 radical (unpaired) electrons. The van der Waals surface area contributed by atoms with Crippen LogP contribution < -0.4 is 4.74 Å². The minimum absolute atomic E-state index is 0.153. The SMILES string of the molecule is COc1ccc(C(=O)COC(=O)/C(C#N)=C/c2cc(C)n(C[C@H]3CCCO3)c2C)cc1. The summed E-state index contributed by atoms with van der Waals surface area (Å²) in [5.41, 5.74) is 2.99. The average molecular weight is 422 g/mol. The van der Waals surface area contributed by atoms with Crippen molar-refractivity contribution in [1.29, 1.82) is 5.26 Å². The number of esters is 1. The lowest BCUT2D eigenvalue weighted by Gasteiger charge is -2.14. The van der Waals surface area contributed by atoms with Crippen LogP contribution in [0.3, 0.4) is 0 Å². The Morgan fingerprint density at radius 1 is 1.29 bits per heavy atom. The maximum atomic E-state index is 12.4. The maximum Gasteiger partial charge on any atom is 0.349 e. The molecule has 2 heterocycles. The number of nitrogens with zero attached hydrogens (tertiary/aromatic N) is 2. The van der Waals surface area contributed by atoms with Crippen molar-refractivity contribution >= 4 is 17.8 Å². The molecule has 3 rings (SSSR count). The molecular formula is C24H26N2O5. The molecule has 1 aliphatic heterocycles. The zero-order valence-corrected chi connectivity index (χ0v) is 18.0. The van der Waals surface area contributed by atoms with Crippen molar-refractivity contribution in [3.8, 4) is 11.8 Å². The molecule has 0 spiro atoms. The van der Waals surface area contributed by atoms with Gasteiger partial charge in [0.05, 0.1) is 13.2 Å². The molecule has 0 saturated carbocycles. The number of ether oxygens (including phenoxy) is 3. The summed E-state index contributed by atoms with van der Waals surface area (Å²) in [4.78, 5) is 24.6. The molecule has 0 unspecified atom stereocenters. The molecule has 1 saturated heterocycles. The molecule has 1 aliphatic rings. The predicted molar refractivity (Wildman–Crippen MR) is 115 cm³/mol. The van der Waals surface area contributed by atoms with E-state index in [4.69, 9.17) is 14.2 Å². The highest BCUT2D eigenvalue weighted by molar-refractivity contribution is 6.02. The van der Waals surface area contributed by atoms with Crippen LogP contribution in [-0.4, -0.2) is 42.7 Å². The third-order valence-corrected chi connectivity index (χ3v) is 5.41. The van der Waals surface area contributed by atoms with E-state index in [0.717, 1.165) is 42.9 Å². The Morgan fingerprint density at radius 3 is 2.65 bits per heavy atom. The summed E-state index contributed by atoms with van der Waals surface area (Å²) in [6.45, 7) is 5.02. The first kappa shape index (κ1) is 22.3. The van der Waals surface area contributed by atoms with Crippen molar-refractivity contribution in [2.75, 3.05) is 20.3 Å². The fourth-order valence-electron chi connectivity index (χ4n) is 3.61. The molecule has 1 aromatic heterocycles. The molecule has 7 nitrogen and oxygen atoms in total. The summed E-state index contributed by atoms with van der Waals surface area (Å²) in [5.74, 6) is -0.559. The number of nitriles is 1. The molecule has 0 amide bonds. The Bertz CT molecular complexity index is 1020. The lowest BCUT2D eigenvalue weighted by atomic mass is 10.1. The second kappa shape index (κ2) is 10.1. The highest BCUT2D eigenvalue weighted by atomic mass is 16.5. The normalized spacial score (nSPS) is 16.1. The van der Waals surface area contributed by atoms with E-state index in [-0.39, 0.29) is 17.5 Å². The van der Waals surface area contributed by atoms with Gasteiger partial charge in [0.1, 0.15) is 17.4 Å². The average Bonchev–Trinajstić information content (AvgIpc) is 3.39. The van der Waals surface area contributed by atoms with Gasteiger partial charge in [-0.3, -0.25) is 4.79 Å². The van der Waals surface area contributed by atoms with Crippen molar-refractivity contribution in [3.05, 3.63) is 58.4 Å². The minimum Gasteiger partial charge on any atom is -0.497 e. The van der Waals surface area contributed by atoms with Crippen LogP contribution >= 0.6 is 0 Å². The molecule has 31 heavy (non-hydrogen) atoms.